The lowest BCUT2D eigenvalue weighted by Gasteiger charge is -2.29. The van der Waals surface area contributed by atoms with Gasteiger partial charge in [-0.15, -0.1) is 0 Å². The average Bonchev–Trinajstić information content (AvgIpc) is 3.18. The monoisotopic (exact) mass is 366 g/mol. The Morgan fingerprint density at radius 3 is 2.85 bits per heavy atom. The first-order chi connectivity index (χ1) is 13.1. The smallest absolute Gasteiger partial charge is 0.355 e. The molecule has 140 valence electrons. The van der Waals surface area contributed by atoms with Gasteiger partial charge in [0, 0.05) is 24.4 Å². The maximum absolute atomic E-state index is 13.1. The van der Waals surface area contributed by atoms with Crippen molar-refractivity contribution in [2.75, 3.05) is 18.1 Å². The van der Waals surface area contributed by atoms with Crippen molar-refractivity contribution < 1.29 is 18.7 Å². The molecule has 1 aromatic carbocycles. The lowest BCUT2D eigenvalue weighted by Crippen LogP contribution is -2.38. The highest BCUT2D eigenvalue weighted by molar-refractivity contribution is 5.98. The van der Waals surface area contributed by atoms with E-state index < -0.39 is 5.97 Å². The van der Waals surface area contributed by atoms with E-state index in [1.54, 1.807) is 17.6 Å². The topological polar surface area (TPSA) is 64.7 Å². The van der Waals surface area contributed by atoms with E-state index in [0.717, 1.165) is 29.8 Å². The fourth-order valence-corrected chi connectivity index (χ4v) is 3.72. The van der Waals surface area contributed by atoms with Gasteiger partial charge in [0.05, 0.1) is 12.1 Å². The Morgan fingerprint density at radius 1 is 1.22 bits per heavy atom. The summed E-state index contributed by atoms with van der Waals surface area (Å²) in [4.78, 5) is 27.3. The number of amides is 1. The molecule has 27 heavy (non-hydrogen) atoms. The fraction of sp³-hybridized carbons (Fsp3) is 0.333. The molecule has 3 heterocycles. The van der Waals surface area contributed by atoms with E-state index in [-0.39, 0.29) is 19.1 Å². The van der Waals surface area contributed by atoms with E-state index in [4.69, 9.17) is 9.15 Å². The van der Waals surface area contributed by atoms with Gasteiger partial charge < -0.3 is 18.6 Å². The van der Waals surface area contributed by atoms with Gasteiger partial charge in [0.15, 0.2) is 5.58 Å². The highest BCUT2D eigenvalue weighted by atomic mass is 16.5. The summed E-state index contributed by atoms with van der Waals surface area (Å²) in [5.41, 5.74) is 3.79. The number of esters is 1. The van der Waals surface area contributed by atoms with E-state index in [2.05, 4.69) is 6.07 Å². The normalized spacial score (nSPS) is 13.6. The molecule has 2 aromatic heterocycles. The predicted molar refractivity (Wildman–Crippen MR) is 102 cm³/mol. The van der Waals surface area contributed by atoms with Crippen molar-refractivity contribution in [1.82, 2.24) is 4.57 Å². The van der Waals surface area contributed by atoms with Crippen molar-refractivity contribution in [3.63, 3.8) is 0 Å². The Morgan fingerprint density at radius 2 is 2.04 bits per heavy atom. The van der Waals surface area contributed by atoms with Crippen LogP contribution < -0.4 is 4.90 Å². The number of carbonyl (C=O) groups is 2. The Kier molecular flexibility index (Phi) is 4.48. The second-order valence-corrected chi connectivity index (χ2v) is 6.72. The Hall–Kier alpha value is -3.02. The van der Waals surface area contributed by atoms with Crippen LogP contribution in [0.15, 0.2) is 40.8 Å². The zero-order valence-corrected chi connectivity index (χ0v) is 15.5. The summed E-state index contributed by atoms with van der Waals surface area (Å²) in [6.07, 6.45) is 1.90. The van der Waals surface area contributed by atoms with Crippen LogP contribution in [0.2, 0.25) is 0 Å². The average molecular weight is 366 g/mol. The molecule has 6 nitrogen and oxygen atoms in total. The molecule has 0 unspecified atom stereocenters. The highest BCUT2D eigenvalue weighted by Crippen LogP contribution is 2.28. The van der Waals surface area contributed by atoms with Gasteiger partial charge in [-0.2, -0.15) is 0 Å². The summed E-state index contributed by atoms with van der Waals surface area (Å²) in [5.74, 6) is 0.234. The van der Waals surface area contributed by atoms with Crippen LogP contribution in [0.5, 0.6) is 0 Å². The minimum Gasteiger partial charge on any atom is -0.461 e. The number of nitrogens with zero attached hydrogens (tertiary/aromatic N) is 2. The summed E-state index contributed by atoms with van der Waals surface area (Å²) in [6, 6.07) is 11.5. The second kappa shape index (κ2) is 6.95. The summed E-state index contributed by atoms with van der Waals surface area (Å²) >= 11 is 0. The molecule has 0 N–H and O–H groups in total. The molecule has 1 aliphatic heterocycles. The number of hydrogen-bond donors (Lipinski definition) is 0. The van der Waals surface area contributed by atoms with Crippen LogP contribution in [0.1, 0.15) is 35.2 Å². The van der Waals surface area contributed by atoms with Crippen LogP contribution in [0.25, 0.3) is 11.1 Å². The van der Waals surface area contributed by atoms with E-state index >= 15 is 0 Å². The Balaban J connectivity index is 1.70. The fourth-order valence-electron chi connectivity index (χ4n) is 3.72. The Bertz CT molecular complexity index is 1010. The van der Waals surface area contributed by atoms with E-state index in [9.17, 15) is 9.59 Å². The number of ether oxygens (including phenoxy) is 1. The zero-order valence-electron chi connectivity index (χ0n) is 15.5. The molecule has 6 heteroatoms. The molecule has 1 aliphatic rings. The first-order valence-electron chi connectivity index (χ1n) is 9.23. The van der Waals surface area contributed by atoms with Gasteiger partial charge in [0.2, 0.25) is 5.91 Å². The molecule has 0 saturated heterocycles. The number of fused-ring (bicyclic) bond motifs is 2. The molecule has 3 aromatic rings. The molecule has 0 aliphatic carbocycles. The van der Waals surface area contributed by atoms with Crippen LogP contribution in [-0.4, -0.2) is 29.6 Å². The molecule has 4 rings (SSSR count). The number of aryl methyl sites for hydroxylation is 2. The number of rotatable bonds is 4. The van der Waals surface area contributed by atoms with Crippen molar-refractivity contribution in [2.24, 2.45) is 0 Å². The van der Waals surface area contributed by atoms with Gasteiger partial charge >= 0.3 is 5.97 Å². The molecule has 0 bridgehead atoms. The maximum Gasteiger partial charge on any atom is 0.355 e. The third-order valence-electron chi connectivity index (χ3n) is 4.90. The van der Waals surface area contributed by atoms with Gasteiger partial charge in [-0.25, -0.2) is 4.79 Å². The van der Waals surface area contributed by atoms with Crippen molar-refractivity contribution in [3.8, 4) is 0 Å². The van der Waals surface area contributed by atoms with Crippen LogP contribution in [0, 0.1) is 6.92 Å². The number of aromatic nitrogens is 1. The van der Waals surface area contributed by atoms with E-state index in [0.29, 0.717) is 17.8 Å². The standard InChI is InChI=1S/C21H22N2O4/c1-3-26-21(25)18-12-19-17(11-14(2)27-19)23(18)13-20(24)22-10-6-8-15-7-4-5-9-16(15)22/h4-5,7,9,11-12H,3,6,8,10,13H2,1-2H3. The quantitative estimate of drug-likeness (QED) is 0.661. The molecular weight excluding hydrogens is 344 g/mol. The number of carbonyl (C=O) groups excluding carboxylic acids is 2. The second-order valence-electron chi connectivity index (χ2n) is 6.72. The molecular formula is C21H22N2O4. The summed E-state index contributed by atoms with van der Waals surface area (Å²) < 4.78 is 12.5. The number of furan rings is 1. The third-order valence-corrected chi connectivity index (χ3v) is 4.90. The number of para-hydroxylation sites is 1. The van der Waals surface area contributed by atoms with Crippen molar-refractivity contribution >= 4 is 28.7 Å². The molecule has 0 saturated carbocycles. The van der Waals surface area contributed by atoms with Crippen molar-refractivity contribution in [1.29, 1.82) is 0 Å². The van der Waals surface area contributed by atoms with Crippen LogP contribution in [-0.2, 0) is 22.5 Å². The van der Waals surface area contributed by atoms with E-state index in [1.807, 2.05) is 36.1 Å². The predicted octanol–water partition coefficient (Wildman–Crippen LogP) is 3.70. The first kappa shape index (κ1) is 17.4. The van der Waals surface area contributed by atoms with Gasteiger partial charge in [-0.05, 0) is 38.3 Å². The molecule has 0 atom stereocenters. The SMILES string of the molecule is CCOC(=O)c1cc2oc(C)cc2n1CC(=O)N1CCCc2ccccc21. The number of anilines is 1. The van der Waals surface area contributed by atoms with Crippen molar-refractivity contribution in [2.45, 2.75) is 33.2 Å². The molecule has 0 fully saturated rings. The first-order valence-corrected chi connectivity index (χ1v) is 9.23. The largest absolute Gasteiger partial charge is 0.461 e. The maximum atomic E-state index is 13.1. The van der Waals surface area contributed by atoms with Gasteiger partial charge in [-0.1, -0.05) is 18.2 Å². The Labute approximate surface area is 157 Å². The van der Waals surface area contributed by atoms with Crippen LogP contribution in [0.4, 0.5) is 5.69 Å². The highest BCUT2D eigenvalue weighted by Gasteiger charge is 2.26. The lowest BCUT2D eigenvalue weighted by atomic mass is 10.0. The van der Waals surface area contributed by atoms with Crippen molar-refractivity contribution in [3.05, 3.63) is 53.4 Å². The molecule has 0 radical (unpaired) electrons. The lowest BCUT2D eigenvalue weighted by molar-refractivity contribution is -0.119. The minimum atomic E-state index is -0.451. The third kappa shape index (κ3) is 3.12. The minimum absolute atomic E-state index is 0.0518. The summed E-state index contributed by atoms with van der Waals surface area (Å²) in [7, 11) is 0. The van der Waals surface area contributed by atoms with Crippen LogP contribution in [0.3, 0.4) is 0 Å². The van der Waals surface area contributed by atoms with Crippen LogP contribution >= 0.6 is 0 Å². The number of benzene rings is 1. The summed E-state index contributed by atoms with van der Waals surface area (Å²) in [6.45, 7) is 4.62. The summed E-state index contributed by atoms with van der Waals surface area (Å²) in [5, 5.41) is 0. The van der Waals surface area contributed by atoms with Gasteiger partial charge in [-0.3, -0.25) is 4.79 Å². The van der Waals surface area contributed by atoms with E-state index in [1.165, 1.54) is 5.56 Å². The molecule has 0 spiro atoms. The number of hydrogen-bond acceptors (Lipinski definition) is 4. The zero-order chi connectivity index (χ0) is 19.0. The van der Waals surface area contributed by atoms with Gasteiger partial charge in [0.25, 0.3) is 0 Å². The molecule has 1 amide bonds. The van der Waals surface area contributed by atoms with Gasteiger partial charge in [0.1, 0.15) is 18.0 Å².